The van der Waals surface area contributed by atoms with Crippen LogP contribution in [0.15, 0.2) is 18.3 Å². The largest absolute Gasteiger partial charge is 0.397 e. The molecule has 0 unspecified atom stereocenters. The molecule has 17 heavy (non-hydrogen) atoms. The van der Waals surface area contributed by atoms with Gasteiger partial charge in [0.25, 0.3) is 0 Å². The van der Waals surface area contributed by atoms with Gasteiger partial charge in [-0.25, -0.2) is 13.4 Å². The molecule has 0 bridgehead atoms. The Morgan fingerprint density at radius 2 is 1.88 bits per heavy atom. The van der Waals surface area contributed by atoms with Crippen LogP contribution < -0.4 is 10.6 Å². The molecular weight excluding hydrogens is 240 g/mol. The van der Waals surface area contributed by atoms with Crippen LogP contribution in [0.3, 0.4) is 0 Å². The number of sulfonamides is 1. The van der Waals surface area contributed by atoms with E-state index >= 15 is 0 Å². The van der Waals surface area contributed by atoms with E-state index in [1.54, 1.807) is 12.3 Å². The average Bonchev–Trinajstić information content (AvgIpc) is 2.29. The summed E-state index contributed by atoms with van der Waals surface area (Å²) < 4.78 is 24.2. The van der Waals surface area contributed by atoms with Gasteiger partial charge in [0.15, 0.2) is 0 Å². The number of anilines is 2. The smallest absolute Gasteiger partial charge is 0.211 e. The monoisotopic (exact) mass is 256 g/mol. The number of nitrogens with zero attached hydrogens (tertiary/aromatic N) is 3. The minimum Gasteiger partial charge on any atom is -0.397 e. The van der Waals surface area contributed by atoms with Gasteiger partial charge in [-0.3, -0.25) is 0 Å². The molecular formula is C10H16N4O2S. The number of rotatable bonds is 2. The second-order valence-corrected chi connectivity index (χ2v) is 6.08. The third-order valence-electron chi connectivity index (χ3n) is 2.80. The summed E-state index contributed by atoms with van der Waals surface area (Å²) in [6.07, 6.45) is 2.85. The van der Waals surface area contributed by atoms with E-state index in [0.717, 1.165) is 5.82 Å². The fourth-order valence-corrected chi connectivity index (χ4v) is 2.66. The molecule has 0 saturated carbocycles. The van der Waals surface area contributed by atoms with Crippen LogP contribution in [-0.2, 0) is 10.0 Å². The summed E-state index contributed by atoms with van der Waals surface area (Å²) in [5.74, 6) is 0.840. The molecule has 0 radical (unpaired) electrons. The van der Waals surface area contributed by atoms with Crippen LogP contribution in [0.4, 0.5) is 11.5 Å². The van der Waals surface area contributed by atoms with E-state index in [-0.39, 0.29) is 0 Å². The number of nitrogens with two attached hydrogens (primary N) is 1. The van der Waals surface area contributed by atoms with Crippen molar-refractivity contribution in [1.29, 1.82) is 0 Å². The topological polar surface area (TPSA) is 79.5 Å². The number of nitrogen functional groups attached to an aromatic ring is 1. The van der Waals surface area contributed by atoms with E-state index in [1.165, 1.54) is 10.6 Å². The lowest BCUT2D eigenvalue weighted by Crippen LogP contribution is -2.48. The quantitative estimate of drug-likeness (QED) is 0.789. The molecule has 1 fully saturated rings. The van der Waals surface area contributed by atoms with Gasteiger partial charge in [0.1, 0.15) is 5.82 Å². The van der Waals surface area contributed by atoms with Crippen molar-refractivity contribution in [3.05, 3.63) is 18.3 Å². The molecule has 1 saturated heterocycles. The maximum Gasteiger partial charge on any atom is 0.211 e. The van der Waals surface area contributed by atoms with Gasteiger partial charge in [-0.1, -0.05) is 0 Å². The van der Waals surface area contributed by atoms with Crippen molar-refractivity contribution >= 4 is 21.5 Å². The van der Waals surface area contributed by atoms with Crippen LogP contribution >= 0.6 is 0 Å². The van der Waals surface area contributed by atoms with E-state index in [4.69, 9.17) is 5.73 Å². The summed E-state index contributed by atoms with van der Waals surface area (Å²) in [4.78, 5) is 6.28. The van der Waals surface area contributed by atoms with Crippen molar-refractivity contribution in [3.8, 4) is 0 Å². The summed E-state index contributed by atoms with van der Waals surface area (Å²) >= 11 is 0. The summed E-state index contributed by atoms with van der Waals surface area (Å²) in [5, 5.41) is 0. The van der Waals surface area contributed by atoms with Crippen molar-refractivity contribution in [2.24, 2.45) is 0 Å². The first-order valence-corrected chi connectivity index (χ1v) is 7.23. The third-order valence-corrected chi connectivity index (χ3v) is 4.11. The molecule has 0 aromatic carbocycles. The highest BCUT2D eigenvalue weighted by Crippen LogP contribution is 2.15. The Kier molecular flexibility index (Phi) is 3.21. The van der Waals surface area contributed by atoms with Gasteiger partial charge in [0.05, 0.1) is 18.1 Å². The Balaban J connectivity index is 2.02. The Morgan fingerprint density at radius 1 is 1.24 bits per heavy atom. The lowest BCUT2D eigenvalue weighted by atomic mass is 10.3. The molecule has 2 rings (SSSR count). The molecule has 2 N–H and O–H groups in total. The molecule has 0 atom stereocenters. The number of pyridine rings is 1. The first-order valence-electron chi connectivity index (χ1n) is 5.38. The highest BCUT2D eigenvalue weighted by molar-refractivity contribution is 7.88. The summed E-state index contributed by atoms with van der Waals surface area (Å²) in [6.45, 7) is 2.32. The van der Waals surface area contributed by atoms with Crippen LogP contribution in [-0.4, -0.2) is 50.1 Å². The van der Waals surface area contributed by atoms with Crippen molar-refractivity contribution in [1.82, 2.24) is 9.29 Å². The first-order chi connectivity index (χ1) is 7.97. The molecule has 1 aliphatic rings. The normalized spacial score (nSPS) is 18.3. The second-order valence-electron chi connectivity index (χ2n) is 4.10. The fraction of sp³-hybridized carbons (Fsp3) is 0.500. The molecule has 2 heterocycles. The van der Waals surface area contributed by atoms with Crippen LogP contribution in [0.2, 0.25) is 0 Å². The lowest BCUT2D eigenvalue weighted by molar-refractivity contribution is 0.387. The molecule has 1 aromatic rings. The summed E-state index contributed by atoms with van der Waals surface area (Å²) in [6, 6.07) is 3.65. The first kappa shape index (κ1) is 12.1. The molecule has 94 valence electrons. The Hall–Kier alpha value is -1.34. The van der Waals surface area contributed by atoms with E-state index in [2.05, 4.69) is 9.88 Å². The van der Waals surface area contributed by atoms with Gasteiger partial charge in [-0.2, -0.15) is 4.31 Å². The maximum atomic E-state index is 11.3. The van der Waals surface area contributed by atoms with E-state index < -0.39 is 10.0 Å². The second kappa shape index (κ2) is 4.50. The summed E-state index contributed by atoms with van der Waals surface area (Å²) in [7, 11) is -3.07. The zero-order chi connectivity index (χ0) is 12.5. The number of hydrogen-bond acceptors (Lipinski definition) is 5. The highest BCUT2D eigenvalue weighted by atomic mass is 32.2. The predicted molar refractivity (Wildman–Crippen MR) is 67.3 cm³/mol. The SMILES string of the molecule is CS(=O)(=O)N1CCN(c2ccc(N)cn2)CC1. The Morgan fingerprint density at radius 3 is 2.35 bits per heavy atom. The van der Waals surface area contributed by atoms with Crippen LogP contribution in [0.5, 0.6) is 0 Å². The van der Waals surface area contributed by atoms with Gasteiger partial charge >= 0.3 is 0 Å². The van der Waals surface area contributed by atoms with Crippen LogP contribution in [0.1, 0.15) is 0 Å². The van der Waals surface area contributed by atoms with Crippen molar-refractivity contribution in [2.75, 3.05) is 43.1 Å². The molecule has 7 heteroatoms. The van der Waals surface area contributed by atoms with Gasteiger partial charge in [-0.05, 0) is 12.1 Å². The summed E-state index contributed by atoms with van der Waals surface area (Å²) in [5.41, 5.74) is 6.20. The van der Waals surface area contributed by atoms with Gasteiger partial charge < -0.3 is 10.6 Å². The molecule has 1 aromatic heterocycles. The Labute approximate surface area is 101 Å². The minimum atomic E-state index is -3.07. The third kappa shape index (κ3) is 2.86. The molecule has 0 aliphatic carbocycles. The maximum absolute atomic E-state index is 11.3. The zero-order valence-electron chi connectivity index (χ0n) is 9.70. The van der Waals surface area contributed by atoms with Crippen molar-refractivity contribution in [2.45, 2.75) is 0 Å². The van der Waals surface area contributed by atoms with Crippen molar-refractivity contribution < 1.29 is 8.42 Å². The minimum absolute atomic E-state index is 0.505. The van der Waals surface area contributed by atoms with E-state index in [1.807, 2.05) is 6.07 Å². The fourth-order valence-electron chi connectivity index (χ4n) is 1.83. The van der Waals surface area contributed by atoms with Crippen molar-refractivity contribution in [3.63, 3.8) is 0 Å². The molecule has 6 nitrogen and oxygen atoms in total. The van der Waals surface area contributed by atoms with Crippen LogP contribution in [0, 0.1) is 0 Å². The number of piperazine rings is 1. The molecule has 0 spiro atoms. The zero-order valence-corrected chi connectivity index (χ0v) is 10.5. The van der Waals surface area contributed by atoms with Gasteiger partial charge in [0.2, 0.25) is 10.0 Å². The predicted octanol–water partition coefficient (Wildman–Crippen LogP) is -0.255. The molecule has 1 aliphatic heterocycles. The van der Waals surface area contributed by atoms with E-state index in [0.29, 0.717) is 31.9 Å². The number of hydrogen-bond donors (Lipinski definition) is 1. The molecule has 0 amide bonds. The number of aromatic nitrogens is 1. The highest BCUT2D eigenvalue weighted by Gasteiger charge is 2.23. The van der Waals surface area contributed by atoms with Crippen LogP contribution in [0.25, 0.3) is 0 Å². The standard InChI is InChI=1S/C10H16N4O2S/c1-17(15,16)14-6-4-13(5-7-14)10-3-2-9(11)8-12-10/h2-3,8H,4-7,11H2,1H3. The lowest BCUT2D eigenvalue weighted by Gasteiger charge is -2.33. The van der Waals surface area contributed by atoms with Gasteiger partial charge in [-0.15, -0.1) is 0 Å². The van der Waals surface area contributed by atoms with E-state index in [9.17, 15) is 8.42 Å². The Bertz CT molecular complexity index is 478. The average molecular weight is 256 g/mol. The van der Waals surface area contributed by atoms with Gasteiger partial charge in [0, 0.05) is 26.2 Å².